The van der Waals surface area contributed by atoms with Crippen LogP contribution in [-0.2, 0) is 42.8 Å². The summed E-state index contributed by atoms with van der Waals surface area (Å²) in [7, 11) is 0. The lowest BCUT2D eigenvalue weighted by Crippen LogP contribution is -2.70. The van der Waals surface area contributed by atoms with Gasteiger partial charge in [-0.05, 0) is 44.9 Å². The van der Waals surface area contributed by atoms with Crippen LogP contribution >= 0.6 is 0 Å². The van der Waals surface area contributed by atoms with Crippen LogP contribution in [0.4, 0.5) is 0 Å². The summed E-state index contributed by atoms with van der Waals surface area (Å²) in [4.78, 5) is 38.5. The van der Waals surface area contributed by atoms with Gasteiger partial charge in [0.15, 0.2) is 12.6 Å². The highest BCUT2D eigenvalue weighted by atomic mass is 16.8. The van der Waals surface area contributed by atoms with E-state index in [1.807, 2.05) is 6.08 Å². The van der Waals surface area contributed by atoms with E-state index in [1.165, 1.54) is 161 Å². The number of carbonyl (C=O) groups is 3. The number of nitrogens with one attached hydrogen (secondary N) is 2. The van der Waals surface area contributed by atoms with Gasteiger partial charge in [0.05, 0.1) is 50.7 Å². The summed E-state index contributed by atoms with van der Waals surface area (Å²) in [5.41, 5.74) is 0. The molecule has 3 aliphatic heterocycles. The molecule has 3 rings (SSSR count). The number of amides is 2. The standard InChI is InChI=1S/C70H128N2O21/c1-4-6-8-10-12-14-15-16-17-18-19-20-21-22-23-24-25-26-27-28-29-30-31-32-33-34-36-38-40-42-44-57(80)72-51(52(77)43-41-39-37-35-13-11-9-7-5-2)49-88-67-62(84)61(83)64(56(48-75)90-67)91-68-63(85)66(60(82)55(47-74)89-68)93-70(69(86)87)45-53(78)58(71-50(3)76)65(92-70)59(81)54(79)46-73/h22-23,41,43,51-56,58-68,73-75,77-79,81-85H,4-21,24-40,42,44-49H2,1-3H3,(H,71,76)(H,72,80)(H,86,87)/b23-22-,43-41+. The molecule has 3 fully saturated rings. The molecule has 0 radical (unpaired) electrons. The van der Waals surface area contributed by atoms with Crippen LogP contribution < -0.4 is 10.6 Å². The van der Waals surface area contributed by atoms with Crippen molar-refractivity contribution in [1.29, 1.82) is 0 Å². The molecule has 0 aromatic carbocycles. The highest BCUT2D eigenvalue weighted by Crippen LogP contribution is 2.39. The molecule has 0 aromatic heterocycles. The van der Waals surface area contributed by atoms with Gasteiger partial charge in [-0.15, -0.1) is 0 Å². The molecule has 0 aromatic rings. The average Bonchev–Trinajstić information content (AvgIpc) is 0.762. The van der Waals surface area contributed by atoms with Crippen LogP contribution in [0, 0.1) is 0 Å². The monoisotopic (exact) mass is 1330 g/mol. The Morgan fingerprint density at radius 1 is 0.559 bits per heavy atom. The highest BCUT2D eigenvalue weighted by molar-refractivity contribution is 5.77. The summed E-state index contributed by atoms with van der Waals surface area (Å²) in [5, 5.41) is 136. The average molecular weight is 1330 g/mol. The number of ether oxygens (including phenoxy) is 6. The van der Waals surface area contributed by atoms with Crippen LogP contribution in [0.5, 0.6) is 0 Å². The lowest BCUT2D eigenvalue weighted by Gasteiger charge is -2.50. The van der Waals surface area contributed by atoms with E-state index in [9.17, 15) is 75.7 Å². The van der Waals surface area contributed by atoms with Gasteiger partial charge >= 0.3 is 5.97 Å². The minimum absolute atomic E-state index is 0.201. The number of carboxylic acid groups (broad SMARTS) is 1. The predicted octanol–water partition coefficient (Wildman–Crippen LogP) is 7.23. The predicted molar refractivity (Wildman–Crippen MR) is 352 cm³/mol. The van der Waals surface area contributed by atoms with Gasteiger partial charge in [-0.2, -0.15) is 0 Å². The third-order valence-electron chi connectivity index (χ3n) is 18.4. The van der Waals surface area contributed by atoms with Gasteiger partial charge in [0.25, 0.3) is 5.79 Å². The Balaban J connectivity index is 1.47. The fourth-order valence-electron chi connectivity index (χ4n) is 12.6. The molecule has 0 bridgehead atoms. The number of allylic oxidation sites excluding steroid dienone is 3. The van der Waals surface area contributed by atoms with Crippen LogP contribution in [0.25, 0.3) is 0 Å². The number of aliphatic hydroxyl groups excluding tert-OH is 11. The maximum Gasteiger partial charge on any atom is 0.364 e. The summed E-state index contributed by atoms with van der Waals surface area (Å²) < 4.78 is 34.7. The topological polar surface area (TPSA) is 373 Å². The molecule has 14 N–H and O–H groups in total. The molecule has 18 unspecified atom stereocenters. The Morgan fingerprint density at radius 2 is 1.01 bits per heavy atom. The van der Waals surface area contributed by atoms with Gasteiger partial charge in [-0.3, -0.25) is 9.59 Å². The van der Waals surface area contributed by atoms with Crippen LogP contribution in [0.3, 0.4) is 0 Å². The van der Waals surface area contributed by atoms with E-state index >= 15 is 0 Å². The van der Waals surface area contributed by atoms with E-state index < -0.39 is 155 Å². The minimum Gasteiger partial charge on any atom is -0.477 e. The van der Waals surface area contributed by atoms with Crippen molar-refractivity contribution in [3.05, 3.63) is 24.3 Å². The molecule has 0 spiro atoms. The molecular weight excluding hydrogens is 1200 g/mol. The molecule has 0 aliphatic carbocycles. The lowest BCUT2D eigenvalue weighted by molar-refractivity contribution is -0.386. The zero-order chi connectivity index (χ0) is 68.2. The van der Waals surface area contributed by atoms with E-state index in [0.29, 0.717) is 12.8 Å². The fraction of sp³-hybridized carbons (Fsp3) is 0.900. The number of carbonyl (C=O) groups excluding carboxylic acids is 2. The number of rotatable bonds is 55. The molecular formula is C70H128N2O21. The molecule has 18 atom stereocenters. The number of aliphatic carboxylic acids is 1. The third kappa shape index (κ3) is 32.6. The van der Waals surface area contributed by atoms with Crippen molar-refractivity contribution in [2.24, 2.45) is 0 Å². The Labute approximate surface area is 555 Å². The quantitative estimate of drug-likeness (QED) is 0.0211. The maximum atomic E-state index is 13.4. The molecule has 23 nitrogen and oxygen atoms in total. The second-order valence-corrected chi connectivity index (χ2v) is 26.4. The summed E-state index contributed by atoms with van der Waals surface area (Å²) in [6, 6.07) is -2.61. The number of aliphatic hydroxyl groups is 11. The normalized spacial score (nSPS) is 28.2. The van der Waals surface area contributed by atoms with Crippen molar-refractivity contribution in [2.45, 2.75) is 375 Å². The summed E-state index contributed by atoms with van der Waals surface area (Å²) in [6.07, 6.45) is 22.8. The van der Waals surface area contributed by atoms with Crippen molar-refractivity contribution in [3.8, 4) is 0 Å². The van der Waals surface area contributed by atoms with Gasteiger partial charge in [0, 0.05) is 19.8 Å². The largest absolute Gasteiger partial charge is 0.477 e. The number of unbranched alkanes of at least 4 members (excludes halogenated alkanes) is 33. The van der Waals surface area contributed by atoms with Gasteiger partial charge in [0.1, 0.15) is 67.1 Å². The summed E-state index contributed by atoms with van der Waals surface area (Å²) in [5.74, 6) is -6.14. The van der Waals surface area contributed by atoms with Crippen LogP contribution in [0.15, 0.2) is 24.3 Å². The fourth-order valence-corrected chi connectivity index (χ4v) is 12.6. The molecule has 3 saturated heterocycles. The van der Waals surface area contributed by atoms with Gasteiger partial charge < -0.3 is 100 Å². The first-order valence-corrected chi connectivity index (χ1v) is 36.2. The second kappa shape index (κ2) is 50.5. The third-order valence-corrected chi connectivity index (χ3v) is 18.4. The van der Waals surface area contributed by atoms with Crippen molar-refractivity contribution in [2.75, 3.05) is 26.4 Å². The van der Waals surface area contributed by atoms with E-state index in [-0.39, 0.29) is 12.3 Å². The first kappa shape index (κ1) is 84.4. The second-order valence-electron chi connectivity index (χ2n) is 26.4. The Kier molecular flexibility index (Phi) is 45.9. The van der Waals surface area contributed by atoms with E-state index in [2.05, 4.69) is 36.6 Å². The zero-order valence-corrected chi connectivity index (χ0v) is 56.9. The van der Waals surface area contributed by atoms with Crippen molar-refractivity contribution in [3.63, 3.8) is 0 Å². The van der Waals surface area contributed by atoms with E-state index in [4.69, 9.17) is 28.4 Å². The molecule has 2 amide bonds. The van der Waals surface area contributed by atoms with Gasteiger partial charge in [-0.25, -0.2) is 4.79 Å². The van der Waals surface area contributed by atoms with Gasteiger partial charge in [0.2, 0.25) is 11.8 Å². The van der Waals surface area contributed by atoms with Crippen LogP contribution in [-0.4, -0.2) is 215 Å². The van der Waals surface area contributed by atoms with Crippen molar-refractivity contribution >= 4 is 17.8 Å². The molecule has 3 aliphatic rings. The lowest BCUT2D eigenvalue weighted by atomic mass is 9.88. The maximum absolute atomic E-state index is 13.4. The minimum atomic E-state index is -3.08. The van der Waals surface area contributed by atoms with Gasteiger partial charge in [-0.1, -0.05) is 224 Å². The number of hydrogen-bond acceptors (Lipinski definition) is 20. The molecule has 0 saturated carbocycles. The Hall–Kier alpha value is -2.79. The molecule has 3 heterocycles. The summed E-state index contributed by atoms with van der Waals surface area (Å²) in [6.45, 7) is 2.10. The number of hydrogen-bond donors (Lipinski definition) is 14. The highest BCUT2D eigenvalue weighted by Gasteiger charge is 2.60. The molecule has 93 heavy (non-hydrogen) atoms. The molecule has 23 heteroatoms. The van der Waals surface area contributed by atoms with E-state index in [0.717, 1.165) is 64.7 Å². The zero-order valence-electron chi connectivity index (χ0n) is 56.9. The first-order valence-electron chi connectivity index (χ1n) is 36.2. The number of carboxylic acids is 1. The smallest absolute Gasteiger partial charge is 0.364 e. The summed E-state index contributed by atoms with van der Waals surface area (Å²) >= 11 is 0. The first-order chi connectivity index (χ1) is 44.9. The molecule has 544 valence electrons. The van der Waals surface area contributed by atoms with Crippen molar-refractivity contribution in [1.82, 2.24) is 10.6 Å². The SMILES string of the molecule is CCCCCCCCC/C=C/C(O)C(COC1OC(CO)C(OC2OC(CO)C(O)C(OC3(C(=O)O)CC(O)C(NC(C)=O)C(C(O)C(O)CO)O3)C2O)C(O)C1O)NC(=O)CCCCCCCCCCCCCCCC/C=C\CCCCCCCCCCCCCC. The van der Waals surface area contributed by atoms with Crippen molar-refractivity contribution < 1.29 is 104 Å². The van der Waals surface area contributed by atoms with Crippen LogP contribution in [0.2, 0.25) is 0 Å². The van der Waals surface area contributed by atoms with Crippen LogP contribution in [0.1, 0.15) is 265 Å². The van der Waals surface area contributed by atoms with E-state index in [1.54, 1.807) is 6.08 Å². The Morgan fingerprint density at radius 3 is 1.46 bits per heavy atom. The Bertz CT molecular complexity index is 1970.